The summed E-state index contributed by atoms with van der Waals surface area (Å²) in [5.74, 6) is 0. The minimum absolute atomic E-state index is 0.309. The molecule has 0 aliphatic heterocycles. The lowest BCUT2D eigenvalue weighted by Gasteiger charge is -1.99. The number of alkyl halides is 1. The molecule has 0 nitrogen and oxygen atoms in total. The Hall–Kier alpha value is -0.590. The van der Waals surface area contributed by atoms with Crippen LogP contribution in [0.1, 0.15) is 12.8 Å². The van der Waals surface area contributed by atoms with Crippen LogP contribution in [0.2, 0.25) is 0 Å². The van der Waals surface area contributed by atoms with Gasteiger partial charge in [0.2, 0.25) is 0 Å². The molecule has 0 N–H and O–H groups in total. The third kappa shape index (κ3) is 1.19. The predicted molar refractivity (Wildman–Crippen MR) is 32.4 cm³/mol. The maximum atomic E-state index is 11.8. The molecule has 0 heterocycles. The molecule has 0 atom stereocenters. The zero-order valence-corrected chi connectivity index (χ0v) is 4.73. The maximum absolute atomic E-state index is 11.8. The van der Waals surface area contributed by atoms with E-state index in [9.17, 15) is 4.39 Å². The zero-order chi connectivity index (χ0) is 5.82. The van der Waals surface area contributed by atoms with Crippen molar-refractivity contribution in [1.29, 1.82) is 0 Å². The lowest BCUT2D eigenvalue weighted by molar-refractivity contribution is 0.547. The van der Waals surface area contributed by atoms with Gasteiger partial charge in [-0.05, 0) is 18.4 Å². The number of hydrogen-bond acceptors (Lipinski definition) is 0. The molecule has 1 aliphatic carbocycles. The van der Waals surface area contributed by atoms with E-state index in [0.717, 1.165) is 18.4 Å². The van der Waals surface area contributed by atoms with Crippen LogP contribution in [0.5, 0.6) is 0 Å². The quantitative estimate of drug-likeness (QED) is 0.488. The van der Waals surface area contributed by atoms with Gasteiger partial charge in [-0.3, -0.25) is 0 Å². The van der Waals surface area contributed by atoms with Crippen LogP contribution in [0.4, 0.5) is 4.39 Å². The summed E-state index contributed by atoms with van der Waals surface area (Å²) in [5, 5.41) is 0. The number of allylic oxidation sites excluding steroid dienone is 4. The van der Waals surface area contributed by atoms with Crippen LogP contribution in [0.15, 0.2) is 23.8 Å². The monoisotopic (exact) mass is 112 g/mol. The standard InChI is InChI=1S/C7H9F/c8-6-7-4-2-1-3-5-7/h2,4-5H,1,3,6H2. The fourth-order valence-electron chi connectivity index (χ4n) is 0.767. The van der Waals surface area contributed by atoms with E-state index in [1.807, 2.05) is 18.2 Å². The number of hydrogen-bond donors (Lipinski definition) is 0. The van der Waals surface area contributed by atoms with Crippen LogP contribution in [-0.4, -0.2) is 6.67 Å². The molecule has 0 bridgehead atoms. The SMILES string of the molecule is FCC1=CCCC=C1. The van der Waals surface area contributed by atoms with Crippen LogP contribution in [0.25, 0.3) is 0 Å². The van der Waals surface area contributed by atoms with Gasteiger partial charge in [0.1, 0.15) is 6.67 Å². The predicted octanol–water partition coefficient (Wildman–Crippen LogP) is 2.23. The van der Waals surface area contributed by atoms with Gasteiger partial charge >= 0.3 is 0 Å². The highest BCUT2D eigenvalue weighted by Gasteiger charge is 1.93. The summed E-state index contributed by atoms with van der Waals surface area (Å²) in [6, 6.07) is 0. The van der Waals surface area contributed by atoms with E-state index in [2.05, 4.69) is 0 Å². The van der Waals surface area contributed by atoms with Gasteiger partial charge in [-0.15, -0.1) is 0 Å². The summed E-state index contributed by atoms with van der Waals surface area (Å²) >= 11 is 0. The van der Waals surface area contributed by atoms with E-state index in [1.165, 1.54) is 0 Å². The second kappa shape index (κ2) is 2.65. The highest BCUT2D eigenvalue weighted by Crippen LogP contribution is 2.08. The third-order valence-electron chi connectivity index (χ3n) is 1.23. The van der Waals surface area contributed by atoms with Crippen LogP contribution in [0, 0.1) is 0 Å². The molecule has 1 rings (SSSR count). The minimum atomic E-state index is -0.309. The molecule has 0 saturated heterocycles. The number of halogens is 1. The van der Waals surface area contributed by atoms with E-state index in [0.29, 0.717) is 0 Å². The Labute approximate surface area is 48.7 Å². The normalized spacial score (nSPS) is 18.4. The van der Waals surface area contributed by atoms with Crippen LogP contribution in [-0.2, 0) is 0 Å². The van der Waals surface area contributed by atoms with E-state index >= 15 is 0 Å². The van der Waals surface area contributed by atoms with Crippen molar-refractivity contribution in [2.75, 3.05) is 6.67 Å². The van der Waals surface area contributed by atoms with Crippen molar-refractivity contribution < 1.29 is 4.39 Å². The van der Waals surface area contributed by atoms with Crippen LogP contribution >= 0.6 is 0 Å². The summed E-state index contributed by atoms with van der Waals surface area (Å²) in [5.41, 5.74) is 0.830. The second-order valence-corrected chi connectivity index (χ2v) is 1.89. The molecule has 0 saturated carbocycles. The average molecular weight is 112 g/mol. The molecule has 0 amide bonds. The van der Waals surface area contributed by atoms with Gasteiger partial charge in [-0.2, -0.15) is 0 Å². The minimum Gasteiger partial charge on any atom is -0.246 e. The lowest BCUT2D eigenvalue weighted by Crippen LogP contribution is -1.84. The van der Waals surface area contributed by atoms with E-state index in [4.69, 9.17) is 0 Å². The van der Waals surface area contributed by atoms with Crippen molar-refractivity contribution in [2.45, 2.75) is 12.8 Å². The molecule has 0 radical (unpaired) electrons. The Kier molecular flexibility index (Phi) is 1.84. The summed E-state index contributed by atoms with van der Waals surface area (Å²) in [4.78, 5) is 0. The molecule has 0 unspecified atom stereocenters. The summed E-state index contributed by atoms with van der Waals surface area (Å²) < 4.78 is 11.8. The Bertz CT molecular complexity index is 122. The summed E-state index contributed by atoms with van der Waals surface area (Å²) in [7, 11) is 0. The maximum Gasteiger partial charge on any atom is 0.114 e. The first-order chi connectivity index (χ1) is 3.93. The first kappa shape index (κ1) is 5.54. The van der Waals surface area contributed by atoms with E-state index < -0.39 is 0 Å². The molecule has 0 aromatic rings. The largest absolute Gasteiger partial charge is 0.246 e. The Morgan fingerprint density at radius 3 is 2.75 bits per heavy atom. The summed E-state index contributed by atoms with van der Waals surface area (Å²) in [6.45, 7) is -0.309. The van der Waals surface area contributed by atoms with Crippen molar-refractivity contribution in [2.24, 2.45) is 0 Å². The highest BCUT2D eigenvalue weighted by molar-refractivity contribution is 5.22. The average Bonchev–Trinajstić information content (AvgIpc) is 1.90. The fourth-order valence-corrected chi connectivity index (χ4v) is 0.767. The van der Waals surface area contributed by atoms with E-state index in [1.54, 1.807) is 0 Å². The van der Waals surface area contributed by atoms with Gasteiger partial charge in [0.05, 0.1) is 0 Å². The summed E-state index contributed by atoms with van der Waals surface area (Å²) in [6.07, 6.45) is 7.89. The van der Waals surface area contributed by atoms with Crippen molar-refractivity contribution >= 4 is 0 Å². The van der Waals surface area contributed by atoms with Crippen molar-refractivity contribution in [3.63, 3.8) is 0 Å². The molecule has 0 aromatic heterocycles. The molecule has 8 heavy (non-hydrogen) atoms. The molecule has 44 valence electrons. The zero-order valence-electron chi connectivity index (χ0n) is 4.73. The van der Waals surface area contributed by atoms with Gasteiger partial charge in [0, 0.05) is 0 Å². The van der Waals surface area contributed by atoms with Crippen LogP contribution < -0.4 is 0 Å². The van der Waals surface area contributed by atoms with Crippen molar-refractivity contribution in [1.82, 2.24) is 0 Å². The first-order valence-corrected chi connectivity index (χ1v) is 2.85. The Morgan fingerprint density at radius 1 is 1.50 bits per heavy atom. The van der Waals surface area contributed by atoms with Gasteiger partial charge in [0.25, 0.3) is 0 Å². The second-order valence-electron chi connectivity index (χ2n) is 1.89. The van der Waals surface area contributed by atoms with E-state index in [-0.39, 0.29) is 6.67 Å². The first-order valence-electron chi connectivity index (χ1n) is 2.85. The lowest BCUT2D eigenvalue weighted by atomic mass is 10.1. The molecular formula is C7H9F. The van der Waals surface area contributed by atoms with Gasteiger partial charge in [-0.1, -0.05) is 18.2 Å². The molecule has 0 aromatic carbocycles. The molecule has 1 heteroatoms. The van der Waals surface area contributed by atoms with Gasteiger partial charge in [0.15, 0.2) is 0 Å². The van der Waals surface area contributed by atoms with Gasteiger partial charge < -0.3 is 0 Å². The Morgan fingerprint density at radius 2 is 2.38 bits per heavy atom. The van der Waals surface area contributed by atoms with Crippen LogP contribution in [0.3, 0.4) is 0 Å². The molecule has 0 fully saturated rings. The topological polar surface area (TPSA) is 0 Å². The highest BCUT2D eigenvalue weighted by atomic mass is 19.1. The smallest absolute Gasteiger partial charge is 0.114 e. The molecule has 0 spiro atoms. The fraction of sp³-hybridized carbons (Fsp3) is 0.429. The third-order valence-corrected chi connectivity index (χ3v) is 1.23. The molecular weight excluding hydrogens is 103 g/mol. The van der Waals surface area contributed by atoms with Crippen molar-refractivity contribution in [3.05, 3.63) is 23.8 Å². The van der Waals surface area contributed by atoms with Crippen molar-refractivity contribution in [3.8, 4) is 0 Å². The van der Waals surface area contributed by atoms with Gasteiger partial charge in [-0.25, -0.2) is 4.39 Å². The number of rotatable bonds is 1. The Balaban J connectivity index is 2.51. The molecule has 1 aliphatic rings.